The topological polar surface area (TPSA) is 47.6 Å². The minimum absolute atomic E-state index is 0.0354. The first-order valence-electron chi connectivity index (χ1n) is 7.33. The molecule has 0 aliphatic heterocycles. The Balaban J connectivity index is 2.66. The van der Waals surface area contributed by atoms with Gasteiger partial charge in [0.2, 0.25) is 0 Å². The van der Waals surface area contributed by atoms with E-state index in [4.69, 9.17) is 9.47 Å². The number of hydrogen-bond acceptors (Lipinski definition) is 3. The van der Waals surface area contributed by atoms with E-state index in [1.807, 2.05) is 45.0 Å². The molecule has 1 N–H and O–H groups in total. The number of amides is 1. The van der Waals surface area contributed by atoms with Gasteiger partial charge in [0.15, 0.2) is 0 Å². The number of carbonyl (C=O) groups excluding carboxylic acids is 1. The Kier molecular flexibility index (Phi) is 6.06. The maximum Gasteiger partial charge on any atom is 0.407 e. The molecule has 0 aliphatic carbocycles. The highest BCUT2D eigenvalue weighted by atomic mass is 16.6. The van der Waals surface area contributed by atoms with Crippen LogP contribution in [-0.2, 0) is 11.2 Å². The Morgan fingerprint density at radius 3 is 2.19 bits per heavy atom. The molecule has 1 aromatic carbocycles. The summed E-state index contributed by atoms with van der Waals surface area (Å²) in [6.07, 6.45) is 0.399. The van der Waals surface area contributed by atoms with Gasteiger partial charge in [-0.2, -0.15) is 0 Å². The summed E-state index contributed by atoms with van der Waals surface area (Å²) in [6.45, 7) is 9.76. The lowest BCUT2D eigenvalue weighted by Crippen LogP contribution is -2.42. The van der Waals surface area contributed by atoms with E-state index in [0.29, 0.717) is 5.92 Å². The Morgan fingerprint density at radius 1 is 1.19 bits per heavy atom. The van der Waals surface area contributed by atoms with Crippen LogP contribution in [-0.4, -0.2) is 24.8 Å². The minimum Gasteiger partial charge on any atom is -0.497 e. The molecule has 0 bridgehead atoms. The summed E-state index contributed by atoms with van der Waals surface area (Å²) in [5.74, 6) is 1.15. The molecule has 0 fully saturated rings. The van der Waals surface area contributed by atoms with Crippen LogP contribution in [0.4, 0.5) is 4.79 Å². The highest BCUT2D eigenvalue weighted by Crippen LogP contribution is 2.16. The van der Waals surface area contributed by atoms with Gasteiger partial charge >= 0.3 is 6.09 Å². The number of ether oxygens (including phenoxy) is 2. The lowest BCUT2D eigenvalue weighted by atomic mass is 9.96. The molecule has 118 valence electrons. The first-order valence-corrected chi connectivity index (χ1v) is 7.33. The van der Waals surface area contributed by atoms with Gasteiger partial charge in [0.1, 0.15) is 11.4 Å². The molecule has 0 heterocycles. The van der Waals surface area contributed by atoms with Crippen LogP contribution in [0.15, 0.2) is 24.3 Å². The number of methoxy groups -OCH3 is 1. The van der Waals surface area contributed by atoms with Crippen molar-refractivity contribution >= 4 is 6.09 Å². The van der Waals surface area contributed by atoms with E-state index in [2.05, 4.69) is 19.2 Å². The van der Waals surface area contributed by atoms with Crippen molar-refractivity contribution in [2.45, 2.75) is 52.7 Å². The maximum atomic E-state index is 11.9. The van der Waals surface area contributed by atoms with Gasteiger partial charge in [0.05, 0.1) is 7.11 Å². The van der Waals surface area contributed by atoms with Crippen LogP contribution in [0, 0.1) is 5.92 Å². The van der Waals surface area contributed by atoms with E-state index in [-0.39, 0.29) is 12.1 Å². The van der Waals surface area contributed by atoms with Gasteiger partial charge in [-0.25, -0.2) is 4.79 Å². The second-order valence-corrected chi connectivity index (χ2v) is 6.55. The Bertz CT molecular complexity index is 446. The zero-order chi connectivity index (χ0) is 16.0. The monoisotopic (exact) mass is 293 g/mol. The molecule has 1 amide bonds. The van der Waals surface area contributed by atoms with Gasteiger partial charge in [0, 0.05) is 6.04 Å². The molecule has 1 rings (SSSR count). The zero-order valence-corrected chi connectivity index (χ0v) is 13.9. The van der Waals surface area contributed by atoms with Crippen LogP contribution >= 0.6 is 0 Å². The summed E-state index contributed by atoms with van der Waals surface area (Å²) in [4.78, 5) is 11.9. The van der Waals surface area contributed by atoms with Crippen molar-refractivity contribution in [1.29, 1.82) is 0 Å². The number of rotatable bonds is 5. The zero-order valence-electron chi connectivity index (χ0n) is 13.9. The van der Waals surface area contributed by atoms with Gasteiger partial charge in [-0.15, -0.1) is 0 Å². The second-order valence-electron chi connectivity index (χ2n) is 6.55. The van der Waals surface area contributed by atoms with Crippen LogP contribution in [0.3, 0.4) is 0 Å². The Morgan fingerprint density at radius 2 is 1.76 bits per heavy atom. The molecule has 0 radical (unpaired) electrons. The number of alkyl carbamates (subject to hydrolysis) is 1. The molecule has 4 nitrogen and oxygen atoms in total. The highest BCUT2D eigenvalue weighted by Gasteiger charge is 2.21. The third kappa shape index (κ3) is 6.52. The van der Waals surface area contributed by atoms with Gasteiger partial charge in [-0.3, -0.25) is 0 Å². The fraction of sp³-hybridized carbons (Fsp3) is 0.588. The molecule has 0 aliphatic rings. The summed E-state index contributed by atoms with van der Waals surface area (Å²) in [7, 11) is 1.65. The summed E-state index contributed by atoms with van der Waals surface area (Å²) in [5.41, 5.74) is 0.677. The normalized spacial score (nSPS) is 12.9. The fourth-order valence-electron chi connectivity index (χ4n) is 1.93. The average molecular weight is 293 g/mol. The summed E-state index contributed by atoms with van der Waals surface area (Å²) in [5, 5.41) is 2.96. The summed E-state index contributed by atoms with van der Waals surface area (Å²) < 4.78 is 10.5. The molecule has 0 saturated heterocycles. The van der Waals surface area contributed by atoms with Crippen molar-refractivity contribution in [2.75, 3.05) is 7.11 Å². The summed E-state index contributed by atoms with van der Waals surface area (Å²) in [6, 6.07) is 7.93. The lowest BCUT2D eigenvalue weighted by Gasteiger charge is -2.26. The predicted molar refractivity (Wildman–Crippen MR) is 84.7 cm³/mol. The first kappa shape index (κ1) is 17.3. The van der Waals surface area contributed by atoms with E-state index in [9.17, 15) is 4.79 Å². The van der Waals surface area contributed by atoms with Crippen LogP contribution < -0.4 is 10.1 Å². The first-order chi connectivity index (χ1) is 9.71. The molecule has 1 aromatic rings. The van der Waals surface area contributed by atoms with Crippen molar-refractivity contribution in [3.63, 3.8) is 0 Å². The minimum atomic E-state index is -0.480. The maximum absolute atomic E-state index is 11.9. The summed E-state index contributed by atoms with van der Waals surface area (Å²) >= 11 is 0. The smallest absolute Gasteiger partial charge is 0.407 e. The average Bonchev–Trinajstić information content (AvgIpc) is 2.36. The fourth-order valence-corrected chi connectivity index (χ4v) is 1.93. The molecule has 4 heteroatoms. The Labute approximate surface area is 127 Å². The van der Waals surface area contributed by atoms with Crippen molar-refractivity contribution in [1.82, 2.24) is 5.32 Å². The lowest BCUT2D eigenvalue weighted by molar-refractivity contribution is 0.0490. The third-order valence-corrected chi connectivity index (χ3v) is 3.12. The van der Waals surface area contributed by atoms with Crippen molar-refractivity contribution in [3.05, 3.63) is 29.8 Å². The SMILES string of the molecule is COc1ccc(C[C@H](NC(=O)OC(C)(C)C)C(C)C)cc1. The molecule has 0 unspecified atom stereocenters. The van der Waals surface area contributed by atoms with Crippen molar-refractivity contribution in [3.8, 4) is 5.75 Å². The Hall–Kier alpha value is -1.71. The highest BCUT2D eigenvalue weighted by molar-refractivity contribution is 5.68. The van der Waals surface area contributed by atoms with E-state index in [0.717, 1.165) is 17.7 Å². The van der Waals surface area contributed by atoms with Gasteiger partial charge in [-0.1, -0.05) is 26.0 Å². The van der Waals surface area contributed by atoms with Crippen LogP contribution in [0.2, 0.25) is 0 Å². The molecular weight excluding hydrogens is 266 g/mol. The third-order valence-electron chi connectivity index (χ3n) is 3.12. The molecule has 1 atom stereocenters. The number of hydrogen-bond donors (Lipinski definition) is 1. The van der Waals surface area contributed by atoms with Crippen LogP contribution in [0.5, 0.6) is 5.75 Å². The van der Waals surface area contributed by atoms with Crippen LogP contribution in [0.1, 0.15) is 40.2 Å². The molecule has 21 heavy (non-hydrogen) atoms. The van der Waals surface area contributed by atoms with Crippen LogP contribution in [0.25, 0.3) is 0 Å². The second kappa shape index (κ2) is 7.34. The largest absolute Gasteiger partial charge is 0.497 e. The standard InChI is InChI=1S/C17H27NO3/c1-12(2)15(18-16(19)21-17(3,4)5)11-13-7-9-14(20-6)10-8-13/h7-10,12,15H,11H2,1-6H3,(H,18,19)/t15-/m0/s1. The molecule has 0 spiro atoms. The van der Waals surface area contributed by atoms with E-state index >= 15 is 0 Å². The molecular formula is C17H27NO3. The number of carbonyl (C=O) groups is 1. The number of benzene rings is 1. The van der Waals surface area contributed by atoms with E-state index in [1.54, 1.807) is 7.11 Å². The quantitative estimate of drug-likeness (QED) is 0.898. The predicted octanol–water partition coefficient (Wildman–Crippen LogP) is 3.79. The van der Waals surface area contributed by atoms with Crippen molar-refractivity contribution in [2.24, 2.45) is 5.92 Å². The molecule has 0 saturated carbocycles. The van der Waals surface area contributed by atoms with E-state index < -0.39 is 5.60 Å². The van der Waals surface area contributed by atoms with E-state index in [1.165, 1.54) is 0 Å². The van der Waals surface area contributed by atoms with Gasteiger partial charge in [0.25, 0.3) is 0 Å². The van der Waals surface area contributed by atoms with Gasteiger partial charge in [-0.05, 0) is 50.8 Å². The number of nitrogens with one attached hydrogen (secondary N) is 1. The van der Waals surface area contributed by atoms with Crippen molar-refractivity contribution < 1.29 is 14.3 Å². The molecule has 0 aromatic heterocycles. The van der Waals surface area contributed by atoms with Gasteiger partial charge < -0.3 is 14.8 Å².